The number of hydrogen-bond donors (Lipinski definition) is 3. The molecule has 0 spiro atoms. The molecule has 2 heterocycles. The van der Waals surface area contributed by atoms with Crippen LogP contribution < -0.4 is 5.32 Å². The molecule has 0 bridgehead atoms. The van der Waals surface area contributed by atoms with Crippen molar-refractivity contribution in [1.29, 1.82) is 0 Å². The molecule has 9 heteroatoms. The molecule has 0 aliphatic rings. The van der Waals surface area contributed by atoms with E-state index in [-0.39, 0.29) is 24.7 Å². The summed E-state index contributed by atoms with van der Waals surface area (Å²) in [7, 11) is 0. The number of aromatic nitrogens is 5. The van der Waals surface area contributed by atoms with Gasteiger partial charge in [0.25, 0.3) is 0 Å². The van der Waals surface area contributed by atoms with Gasteiger partial charge in [0.1, 0.15) is 12.4 Å². The molecule has 94 valence electrons. The molecule has 2 aromatic rings. The molecule has 0 radical (unpaired) electrons. The van der Waals surface area contributed by atoms with E-state index in [2.05, 4.69) is 25.6 Å². The van der Waals surface area contributed by atoms with Gasteiger partial charge in [-0.15, -0.1) is 5.10 Å². The first-order chi connectivity index (χ1) is 8.65. The molecule has 2 aromatic heterocycles. The number of carboxylic acid groups (broad SMARTS) is 1. The second kappa shape index (κ2) is 5.08. The minimum atomic E-state index is -1.18. The van der Waals surface area contributed by atoms with E-state index in [9.17, 15) is 9.59 Å². The first-order valence-electron chi connectivity index (χ1n) is 5.03. The number of H-pyrrole nitrogens is 1. The maximum atomic E-state index is 11.5. The normalized spacial score (nSPS) is 10.2. The molecule has 1 amide bonds. The molecule has 3 N–H and O–H groups in total. The van der Waals surface area contributed by atoms with Gasteiger partial charge in [0, 0.05) is 12.4 Å². The van der Waals surface area contributed by atoms with Crippen LogP contribution in [0.1, 0.15) is 16.3 Å². The Labute approximate surface area is 101 Å². The third-order valence-corrected chi connectivity index (χ3v) is 2.07. The van der Waals surface area contributed by atoms with Crippen LogP contribution in [0, 0.1) is 0 Å². The number of nitrogens with one attached hydrogen (secondary N) is 2. The number of nitrogens with zero attached hydrogens (tertiary/aromatic N) is 4. The Balaban J connectivity index is 1.85. The summed E-state index contributed by atoms with van der Waals surface area (Å²) >= 11 is 0. The predicted molar refractivity (Wildman–Crippen MR) is 57.4 cm³/mol. The first-order valence-corrected chi connectivity index (χ1v) is 5.03. The van der Waals surface area contributed by atoms with Gasteiger partial charge in [-0.3, -0.25) is 4.79 Å². The second-order valence-corrected chi connectivity index (χ2v) is 3.42. The van der Waals surface area contributed by atoms with E-state index in [1.54, 1.807) is 12.4 Å². The van der Waals surface area contributed by atoms with Crippen LogP contribution >= 0.6 is 0 Å². The van der Waals surface area contributed by atoms with Crippen molar-refractivity contribution in [3.63, 3.8) is 0 Å². The summed E-state index contributed by atoms with van der Waals surface area (Å²) in [4.78, 5) is 28.8. The number of hydrogen-bond acceptors (Lipinski definition) is 5. The summed E-state index contributed by atoms with van der Waals surface area (Å²) in [6, 6.07) is 0. The molecule has 0 atom stereocenters. The average Bonchev–Trinajstić information content (AvgIpc) is 2.96. The Bertz CT molecular complexity index is 546. The topological polar surface area (TPSA) is 126 Å². The van der Waals surface area contributed by atoms with Crippen LogP contribution in [0.5, 0.6) is 0 Å². The molecule has 0 aliphatic heterocycles. The minimum Gasteiger partial charge on any atom is -0.476 e. The molecule has 2 rings (SSSR count). The number of aromatic amines is 1. The second-order valence-electron chi connectivity index (χ2n) is 3.42. The van der Waals surface area contributed by atoms with Gasteiger partial charge in [-0.05, 0) is 0 Å². The summed E-state index contributed by atoms with van der Waals surface area (Å²) in [6.07, 6.45) is 4.42. The molecular formula is C9H10N6O3. The van der Waals surface area contributed by atoms with Gasteiger partial charge < -0.3 is 15.4 Å². The van der Waals surface area contributed by atoms with Crippen molar-refractivity contribution in [2.45, 2.75) is 13.1 Å². The number of amides is 1. The quantitative estimate of drug-likeness (QED) is 0.625. The lowest BCUT2D eigenvalue weighted by molar-refractivity contribution is -0.122. The molecule has 0 unspecified atom stereocenters. The van der Waals surface area contributed by atoms with E-state index in [1.165, 1.54) is 6.20 Å². The molecule has 0 saturated carbocycles. The number of aromatic carboxylic acids is 1. The van der Waals surface area contributed by atoms with Crippen molar-refractivity contribution in [3.05, 3.63) is 30.1 Å². The lowest BCUT2D eigenvalue weighted by atomic mass is 10.5. The molecule has 0 saturated heterocycles. The van der Waals surface area contributed by atoms with Crippen molar-refractivity contribution in [2.24, 2.45) is 0 Å². The Morgan fingerprint density at radius 2 is 2.33 bits per heavy atom. The van der Waals surface area contributed by atoms with E-state index in [1.807, 2.05) is 0 Å². The Morgan fingerprint density at radius 3 is 2.94 bits per heavy atom. The zero-order chi connectivity index (χ0) is 13.0. The molecule has 0 aliphatic carbocycles. The molecule has 18 heavy (non-hydrogen) atoms. The van der Waals surface area contributed by atoms with Gasteiger partial charge in [0.15, 0.2) is 5.69 Å². The van der Waals surface area contributed by atoms with E-state index in [0.29, 0.717) is 5.82 Å². The Kier molecular flexibility index (Phi) is 3.32. The van der Waals surface area contributed by atoms with Gasteiger partial charge in [0.05, 0.1) is 12.7 Å². The zero-order valence-electron chi connectivity index (χ0n) is 9.20. The average molecular weight is 250 g/mol. The third-order valence-electron chi connectivity index (χ3n) is 2.07. The van der Waals surface area contributed by atoms with E-state index < -0.39 is 5.97 Å². The van der Waals surface area contributed by atoms with Crippen LogP contribution in [0.3, 0.4) is 0 Å². The minimum absolute atomic E-state index is 0.0962. The Morgan fingerprint density at radius 1 is 1.50 bits per heavy atom. The molecule has 9 nitrogen and oxygen atoms in total. The van der Waals surface area contributed by atoms with Crippen molar-refractivity contribution < 1.29 is 14.7 Å². The Hall–Kier alpha value is -2.71. The fraction of sp³-hybridized carbons (Fsp3) is 0.222. The molecule has 0 fully saturated rings. The predicted octanol–water partition coefficient (Wildman–Crippen LogP) is -0.984. The van der Waals surface area contributed by atoms with Crippen molar-refractivity contribution >= 4 is 11.9 Å². The summed E-state index contributed by atoms with van der Waals surface area (Å²) in [5.74, 6) is -0.862. The van der Waals surface area contributed by atoms with Crippen LogP contribution in [-0.2, 0) is 17.9 Å². The SMILES string of the molecule is O=C(Cn1cc(C(=O)O)nn1)NCc1ncc[nH]1. The fourth-order valence-electron chi connectivity index (χ4n) is 1.25. The lowest BCUT2D eigenvalue weighted by Crippen LogP contribution is -2.27. The maximum absolute atomic E-state index is 11.5. The van der Waals surface area contributed by atoms with Gasteiger partial charge in [0.2, 0.25) is 5.91 Å². The molecular weight excluding hydrogens is 240 g/mol. The fourth-order valence-corrected chi connectivity index (χ4v) is 1.25. The molecule has 0 aromatic carbocycles. The number of carbonyl (C=O) groups is 2. The lowest BCUT2D eigenvalue weighted by Gasteiger charge is -2.02. The summed E-state index contributed by atoms with van der Waals surface area (Å²) in [5, 5.41) is 18.2. The van der Waals surface area contributed by atoms with Crippen LogP contribution in [0.15, 0.2) is 18.6 Å². The van der Waals surface area contributed by atoms with Crippen LogP contribution in [0.2, 0.25) is 0 Å². The third kappa shape index (κ3) is 2.90. The first kappa shape index (κ1) is 11.8. The highest BCUT2D eigenvalue weighted by atomic mass is 16.4. The van der Waals surface area contributed by atoms with Crippen LogP contribution in [0.4, 0.5) is 0 Å². The number of carboxylic acids is 1. The number of carbonyl (C=O) groups excluding carboxylic acids is 1. The van der Waals surface area contributed by atoms with E-state index in [0.717, 1.165) is 4.68 Å². The highest BCUT2D eigenvalue weighted by Gasteiger charge is 2.10. The highest BCUT2D eigenvalue weighted by molar-refractivity contribution is 5.84. The number of rotatable bonds is 5. The summed E-state index contributed by atoms with van der Waals surface area (Å²) < 4.78 is 1.15. The largest absolute Gasteiger partial charge is 0.476 e. The van der Waals surface area contributed by atoms with Crippen molar-refractivity contribution in [2.75, 3.05) is 0 Å². The van der Waals surface area contributed by atoms with Gasteiger partial charge in [-0.2, -0.15) is 0 Å². The van der Waals surface area contributed by atoms with Gasteiger partial charge in [-0.25, -0.2) is 14.5 Å². The van der Waals surface area contributed by atoms with Gasteiger partial charge in [-0.1, -0.05) is 5.21 Å². The van der Waals surface area contributed by atoms with E-state index in [4.69, 9.17) is 5.11 Å². The smallest absolute Gasteiger partial charge is 0.358 e. The summed E-state index contributed by atoms with van der Waals surface area (Å²) in [5.41, 5.74) is -0.200. The standard InChI is InChI=1S/C9H10N6O3/c16-8(12-3-7-10-1-2-11-7)5-15-4-6(9(17)18)13-14-15/h1-2,4H,3,5H2,(H,10,11)(H,12,16)(H,17,18). The van der Waals surface area contributed by atoms with E-state index >= 15 is 0 Å². The zero-order valence-corrected chi connectivity index (χ0v) is 9.20. The van der Waals surface area contributed by atoms with Crippen LogP contribution in [-0.4, -0.2) is 41.9 Å². The van der Waals surface area contributed by atoms with Crippen LogP contribution in [0.25, 0.3) is 0 Å². The maximum Gasteiger partial charge on any atom is 0.358 e. The van der Waals surface area contributed by atoms with Gasteiger partial charge >= 0.3 is 5.97 Å². The highest BCUT2D eigenvalue weighted by Crippen LogP contribution is 1.93. The summed E-state index contributed by atoms with van der Waals surface area (Å²) in [6.45, 7) is 0.174. The monoisotopic (exact) mass is 250 g/mol. The number of imidazole rings is 1. The van der Waals surface area contributed by atoms with Crippen molar-refractivity contribution in [3.8, 4) is 0 Å². The van der Waals surface area contributed by atoms with Crippen molar-refractivity contribution in [1.82, 2.24) is 30.3 Å².